The molecule has 178 valence electrons. The highest BCUT2D eigenvalue weighted by molar-refractivity contribution is 6.01. The van der Waals surface area contributed by atoms with E-state index in [1.165, 1.54) is 35.2 Å². The zero-order chi connectivity index (χ0) is 25.7. The van der Waals surface area contributed by atoms with Crippen molar-refractivity contribution >= 4 is 11.9 Å². The molecule has 3 aromatic rings. The summed E-state index contributed by atoms with van der Waals surface area (Å²) in [7, 11) is 0. The van der Waals surface area contributed by atoms with Crippen LogP contribution < -0.4 is 0 Å². The molecule has 0 aromatic heterocycles. The molecule has 0 aliphatic carbocycles. The first-order valence-corrected chi connectivity index (χ1v) is 11.1. The Hall–Kier alpha value is -4.43. The minimum atomic E-state index is -4.78. The number of carbonyl (C=O) groups excluding carboxylic acids is 1. The summed E-state index contributed by atoms with van der Waals surface area (Å²) in [6, 6.07) is 18.1. The van der Waals surface area contributed by atoms with Gasteiger partial charge in [0.1, 0.15) is 11.9 Å². The minimum absolute atomic E-state index is 0.0635. The quantitative estimate of drug-likeness (QED) is 0.323. The van der Waals surface area contributed by atoms with Crippen LogP contribution in [-0.4, -0.2) is 16.7 Å². The molecule has 2 heterocycles. The molecule has 0 N–H and O–H groups in total. The molecule has 0 unspecified atom stereocenters. The van der Waals surface area contributed by atoms with Gasteiger partial charge in [0, 0.05) is 17.7 Å². The number of carbonyl (C=O) groups is 1. The fourth-order valence-corrected chi connectivity index (χ4v) is 5.45. The summed E-state index contributed by atoms with van der Waals surface area (Å²) >= 11 is 0. The second kappa shape index (κ2) is 8.35. The van der Waals surface area contributed by atoms with Crippen molar-refractivity contribution in [2.75, 3.05) is 0 Å². The minimum Gasteiger partial charge on any atom is -0.357 e. The summed E-state index contributed by atoms with van der Waals surface area (Å²) in [6.45, 7) is 0. The van der Waals surface area contributed by atoms with Gasteiger partial charge in [0.15, 0.2) is 11.2 Å². The maximum atomic E-state index is 14.1. The Bertz CT molecular complexity index is 1450. The van der Waals surface area contributed by atoms with Gasteiger partial charge >= 0.3 is 6.18 Å². The standard InChI is InChI=1S/C28H17F4N3O/c29-19-11-9-18(10-12-19)25(36)24-23(21-7-3-4-8-22(21)28(30,31)32)27(15-33,16-34)26-20-6-2-1-5-17(20)13-14-35(24)26/h1-14,23-24,26H/t23-,24+,26-/m0/s1. The van der Waals surface area contributed by atoms with Crippen molar-refractivity contribution in [1.82, 2.24) is 4.90 Å². The van der Waals surface area contributed by atoms with E-state index >= 15 is 0 Å². The predicted molar refractivity (Wildman–Crippen MR) is 122 cm³/mol. The highest BCUT2D eigenvalue weighted by atomic mass is 19.4. The Morgan fingerprint density at radius 1 is 0.889 bits per heavy atom. The third kappa shape index (κ3) is 3.37. The second-order valence-electron chi connectivity index (χ2n) is 8.77. The Morgan fingerprint density at radius 3 is 2.14 bits per heavy atom. The molecule has 5 rings (SSSR count). The molecule has 4 nitrogen and oxygen atoms in total. The number of nitrogens with zero attached hydrogens (tertiary/aromatic N) is 3. The van der Waals surface area contributed by atoms with Gasteiger partial charge < -0.3 is 4.90 Å². The molecule has 3 aromatic carbocycles. The van der Waals surface area contributed by atoms with Crippen LogP contribution in [0.15, 0.2) is 79.0 Å². The monoisotopic (exact) mass is 487 g/mol. The third-order valence-electron chi connectivity index (χ3n) is 6.94. The molecular weight excluding hydrogens is 470 g/mol. The van der Waals surface area contributed by atoms with Gasteiger partial charge in [0.2, 0.25) is 0 Å². The van der Waals surface area contributed by atoms with Gasteiger partial charge in [-0.15, -0.1) is 0 Å². The van der Waals surface area contributed by atoms with Gasteiger partial charge in [-0.25, -0.2) is 4.39 Å². The topological polar surface area (TPSA) is 67.9 Å². The lowest BCUT2D eigenvalue weighted by atomic mass is 9.66. The molecule has 0 amide bonds. The molecule has 2 aliphatic heterocycles. The number of hydrogen-bond donors (Lipinski definition) is 0. The number of Topliss-reactive ketones (excluding diaryl/α,β-unsaturated/α-hetero) is 1. The highest BCUT2D eigenvalue weighted by Crippen LogP contribution is 2.61. The molecule has 0 spiro atoms. The third-order valence-corrected chi connectivity index (χ3v) is 6.94. The first kappa shape index (κ1) is 23.3. The van der Waals surface area contributed by atoms with Crippen molar-refractivity contribution < 1.29 is 22.4 Å². The van der Waals surface area contributed by atoms with Crippen LogP contribution >= 0.6 is 0 Å². The van der Waals surface area contributed by atoms with Gasteiger partial charge in [-0.05, 0) is 53.1 Å². The summed E-state index contributed by atoms with van der Waals surface area (Å²) in [5, 5.41) is 20.9. The molecule has 36 heavy (non-hydrogen) atoms. The number of alkyl halides is 3. The van der Waals surface area contributed by atoms with Gasteiger partial charge in [0.25, 0.3) is 0 Å². The van der Waals surface area contributed by atoms with E-state index in [0.29, 0.717) is 11.1 Å². The summed E-state index contributed by atoms with van der Waals surface area (Å²) in [5.41, 5.74) is -2.04. The fourth-order valence-electron chi connectivity index (χ4n) is 5.45. The van der Waals surface area contributed by atoms with Crippen LogP contribution in [0.1, 0.15) is 44.6 Å². The van der Waals surface area contributed by atoms with Crippen molar-refractivity contribution in [3.8, 4) is 12.1 Å². The van der Waals surface area contributed by atoms with Crippen LogP contribution in [-0.2, 0) is 6.18 Å². The molecule has 1 saturated heterocycles. The van der Waals surface area contributed by atoms with Crippen LogP contribution in [0.5, 0.6) is 0 Å². The number of benzene rings is 3. The Balaban J connectivity index is 1.82. The van der Waals surface area contributed by atoms with Crippen LogP contribution in [0.25, 0.3) is 6.08 Å². The van der Waals surface area contributed by atoms with Gasteiger partial charge in [-0.3, -0.25) is 4.79 Å². The van der Waals surface area contributed by atoms with Crippen molar-refractivity contribution in [3.05, 3.63) is 113 Å². The lowest BCUT2D eigenvalue weighted by Crippen LogP contribution is -2.38. The zero-order valence-corrected chi connectivity index (χ0v) is 18.6. The van der Waals surface area contributed by atoms with Crippen LogP contribution in [0, 0.1) is 33.9 Å². The number of fused-ring (bicyclic) bond motifs is 3. The Morgan fingerprint density at radius 2 is 1.50 bits per heavy atom. The number of ketones is 1. The molecule has 8 heteroatoms. The van der Waals surface area contributed by atoms with E-state index in [1.807, 2.05) is 12.1 Å². The van der Waals surface area contributed by atoms with E-state index in [4.69, 9.17) is 0 Å². The molecule has 0 bridgehead atoms. The molecule has 3 atom stereocenters. The summed E-state index contributed by atoms with van der Waals surface area (Å²) < 4.78 is 56.0. The number of halogens is 4. The maximum Gasteiger partial charge on any atom is 0.416 e. The molecule has 0 saturated carbocycles. The molecule has 2 aliphatic rings. The van der Waals surface area contributed by atoms with Gasteiger partial charge in [-0.1, -0.05) is 42.5 Å². The van der Waals surface area contributed by atoms with Crippen LogP contribution in [0.3, 0.4) is 0 Å². The zero-order valence-electron chi connectivity index (χ0n) is 18.6. The molecule has 0 radical (unpaired) electrons. The summed E-state index contributed by atoms with van der Waals surface area (Å²) in [6.07, 6.45) is -1.53. The van der Waals surface area contributed by atoms with E-state index in [2.05, 4.69) is 0 Å². The van der Waals surface area contributed by atoms with Crippen molar-refractivity contribution in [3.63, 3.8) is 0 Å². The van der Waals surface area contributed by atoms with Crippen molar-refractivity contribution in [2.24, 2.45) is 5.41 Å². The smallest absolute Gasteiger partial charge is 0.357 e. The van der Waals surface area contributed by atoms with Gasteiger partial charge in [-0.2, -0.15) is 23.7 Å². The number of nitriles is 2. The first-order valence-electron chi connectivity index (χ1n) is 11.1. The second-order valence-corrected chi connectivity index (χ2v) is 8.77. The average molecular weight is 487 g/mol. The predicted octanol–water partition coefficient (Wildman–Crippen LogP) is 6.25. The normalized spacial score (nSPS) is 21.7. The largest absolute Gasteiger partial charge is 0.416 e. The number of rotatable bonds is 3. The fraction of sp³-hybridized carbons (Fsp3) is 0.179. The summed E-state index contributed by atoms with van der Waals surface area (Å²) in [4.78, 5) is 15.4. The SMILES string of the molecule is N#CC1(C#N)[C@@H]2c3ccccc3C=CN2[C@@H](C(=O)c2ccc(F)cc2)[C@@H]1c1ccccc1C(F)(F)F. The highest BCUT2D eigenvalue weighted by Gasteiger charge is 2.64. The Kier molecular flexibility index (Phi) is 5.41. The van der Waals surface area contributed by atoms with E-state index in [9.17, 15) is 32.9 Å². The molecular formula is C28H17F4N3O. The van der Waals surface area contributed by atoms with Gasteiger partial charge in [0.05, 0.1) is 23.7 Å². The van der Waals surface area contributed by atoms with E-state index in [0.717, 1.165) is 18.2 Å². The van der Waals surface area contributed by atoms with E-state index in [-0.39, 0.29) is 11.1 Å². The van der Waals surface area contributed by atoms with Crippen molar-refractivity contribution in [2.45, 2.75) is 24.2 Å². The number of hydrogen-bond acceptors (Lipinski definition) is 4. The lowest BCUT2D eigenvalue weighted by Gasteiger charge is -2.34. The molecule has 1 fully saturated rings. The maximum absolute atomic E-state index is 14.1. The Labute approximate surface area is 204 Å². The average Bonchev–Trinajstić information content (AvgIpc) is 3.19. The van der Waals surface area contributed by atoms with Crippen LogP contribution in [0.2, 0.25) is 0 Å². The lowest BCUT2D eigenvalue weighted by molar-refractivity contribution is -0.138. The van der Waals surface area contributed by atoms with Crippen molar-refractivity contribution in [1.29, 1.82) is 10.5 Å². The van der Waals surface area contributed by atoms with E-state index in [1.54, 1.807) is 36.5 Å². The van der Waals surface area contributed by atoms with Crippen LogP contribution in [0.4, 0.5) is 17.6 Å². The summed E-state index contributed by atoms with van der Waals surface area (Å²) in [5.74, 6) is -2.65. The first-order chi connectivity index (χ1) is 17.2. The van der Waals surface area contributed by atoms with E-state index < -0.39 is 46.8 Å².